The number of benzene rings is 1. The minimum absolute atomic E-state index is 0.477. The summed E-state index contributed by atoms with van der Waals surface area (Å²) in [6.45, 7) is 3.98. The molecule has 1 aromatic heterocycles. The van der Waals surface area contributed by atoms with Crippen molar-refractivity contribution in [3.05, 3.63) is 35.5 Å². The summed E-state index contributed by atoms with van der Waals surface area (Å²) >= 11 is 0. The Balaban J connectivity index is 2.16. The zero-order valence-electron chi connectivity index (χ0n) is 13.5. The van der Waals surface area contributed by atoms with Crippen molar-refractivity contribution in [1.82, 2.24) is 10.1 Å². The van der Waals surface area contributed by atoms with E-state index in [0.717, 1.165) is 18.4 Å². The summed E-state index contributed by atoms with van der Waals surface area (Å²) in [5.41, 5.74) is 6.63. The number of nitrogens with two attached hydrogens (primary N) is 1. The highest BCUT2D eigenvalue weighted by atomic mass is 16.5. The molecule has 0 saturated heterocycles. The van der Waals surface area contributed by atoms with Gasteiger partial charge >= 0.3 is 0 Å². The lowest BCUT2D eigenvalue weighted by Crippen LogP contribution is -2.33. The third kappa shape index (κ3) is 3.57. The Labute approximate surface area is 130 Å². The molecule has 0 fully saturated rings. The van der Waals surface area contributed by atoms with Crippen molar-refractivity contribution in [1.29, 1.82) is 0 Å². The molecule has 1 unspecified atom stereocenters. The number of ether oxygens (including phenoxy) is 2. The summed E-state index contributed by atoms with van der Waals surface area (Å²) in [5.74, 6) is 2.45. The van der Waals surface area contributed by atoms with Gasteiger partial charge in [0.25, 0.3) is 0 Å². The maximum Gasteiger partial charge on any atom is 0.246 e. The number of rotatable bonds is 7. The van der Waals surface area contributed by atoms with Gasteiger partial charge in [0.15, 0.2) is 17.3 Å². The highest BCUT2D eigenvalue weighted by Crippen LogP contribution is 2.28. The molecule has 0 saturated carbocycles. The molecule has 1 aromatic carbocycles. The zero-order chi connectivity index (χ0) is 16.2. The molecule has 1 atom stereocenters. The van der Waals surface area contributed by atoms with Crippen LogP contribution in [0.15, 0.2) is 22.7 Å². The van der Waals surface area contributed by atoms with E-state index in [9.17, 15) is 0 Å². The van der Waals surface area contributed by atoms with Gasteiger partial charge in [0, 0.05) is 6.42 Å². The standard InChI is InChI=1S/C16H23N3O3/c1-5-8-16(2,17)15-18-14(19-22-15)10-11-6-7-12(20-3)13(9-11)21-4/h6-7,9H,5,8,10,17H2,1-4H3. The first-order valence-corrected chi connectivity index (χ1v) is 7.33. The van der Waals surface area contributed by atoms with E-state index in [1.807, 2.05) is 25.1 Å². The van der Waals surface area contributed by atoms with Gasteiger partial charge in [-0.1, -0.05) is 24.6 Å². The minimum atomic E-state index is -0.586. The van der Waals surface area contributed by atoms with Crippen LogP contribution in [-0.4, -0.2) is 24.4 Å². The topological polar surface area (TPSA) is 83.4 Å². The van der Waals surface area contributed by atoms with E-state index in [0.29, 0.717) is 29.6 Å². The van der Waals surface area contributed by atoms with Crippen LogP contribution in [0.2, 0.25) is 0 Å². The Bertz CT molecular complexity index is 623. The van der Waals surface area contributed by atoms with Gasteiger partial charge in [-0.25, -0.2) is 0 Å². The van der Waals surface area contributed by atoms with Crippen molar-refractivity contribution < 1.29 is 14.0 Å². The van der Waals surface area contributed by atoms with Crippen LogP contribution in [0.25, 0.3) is 0 Å². The normalized spacial score (nSPS) is 13.7. The molecule has 0 spiro atoms. The monoisotopic (exact) mass is 305 g/mol. The van der Waals surface area contributed by atoms with E-state index < -0.39 is 5.54 Å². The molecule has 0 bridgehead atoms. The third-order valence-electron chi connectivity index (χ3n) is 3.54. The van der Waals surface area contributed by atoms with Gasteiger partial charge in [0.1, 0.15) is 0 Å². The van der Waals surface area contributed by atoms with E-state index in [4.69, 9.17) is 19.7 Å². The Kier molecular flexibility index (Phi) is 5.03. The molecule has 0 aliphatic carbocycles. The van der Waals surface area contributed by atoms with Crippen LogP contribution in [0.3, 0.4) is 0 Å². The summed E-state index contributed by atoms with van der Waals surface area (Å²) in [7, 11) is 3.22. The average molecular weight is 305 g/mol. The first-order chi connectivity index (χ1) is 10.5. The van der Waals surface area contributed by atoms with Crippen molar-refractivity contribution in [3.63, 3.8) is 0 Å². The molecule has 6 nitrogen and oxygen atoms in total. The van der Waals surface area contributed by atoms with Crippen molar-refractivity contribution in [2.24, 2.45) is 5.73 Å². The second kappa shape index (κ2) is 6.79. The lowest BCUT2D eigenvalue weighted by molar-refractivity contribution is 0.282. The molecule has 6 heteroatoms. The molecule has 2 N–H and O–H groups in total. The van der Waals surface area contributed by atoms with Crippen molar-refractivity contribution in [2.45, 2.75) is 38.6 Å². The Hall–Kier alpha value is -2.08. The molecule has 0 amide bonds. The lowest BCUT2D eigenvalue weighted by Gasteiger charge is -2.18. The average Bonchev–Trinajstić information content (AvgIpc) is 2.96. The maximum absolute atomic E-state index is 6.21. The number of hydrogen-bond donors (Lipinski definition) is 1. The van der Waals surface area contributed by atoms with Gasteiger partial charge in [-0.15, -0.1) is 0 Å². The lowest BCUT2D eigenvalue weighted by atomic mass is 9.98. The van der Waals surface area contributed by atoms with E-state index in [1.54, 1.807) is 14.2 Å². The Morgan fingerprint density at radius 2 is 1.95 bits per heavy atom. The fraction of sp³-hybridized carbons (Fsp3) is 0.500. The smallest absolute Gasteiger partial charge is 0.246 e. The summed E-state index contributed by atoms with van der Waals surface area (Å²) in [5, 5.41) is 4.02. The van der Waals surface area contributed by atoms with Crippen molar-refractivity contribution in [3.8, 4) is 11.5 Å². The highest BCUT2D eigenvalue weighted by molar-refractivity contribution is 5.43. The predicted octanol–water partition coefficient (Wildman–Crippen LogP) is 2.65. The van der Waals surface area contributed by atoms with E-state index in [1.165, 1.54) is 0 Å². The quantitative estimate of drug-likeness (QED) is 0.846. The van der Waals surface area contributed by atoms with E-state index >= 15 is 0 Å². The van der Waals surface area contributed by atoms with Crippen LogP contribution in [0, 0.1) is 0 Å². The first kappa shape index (κ1) is 16.3. The molecule has 0 aliphatic rings. The van der Waals surface area contributed by atoms with Gasteiger partial charge in [-0.2, -0.15) is 4.98 Å². The van der Waals surface area contributed by atoms with Gasteiger partial charge in [-0.3, -0.25) is 0 Å². The van der Waals surface area contributed by atoms with Crippen LogP contribution in [0.5, 0.6) is 11.5 Å². The van der Waals surface area contributed by atoms with Crippen LogP contribution in [0.1, 0.15) is 44.0 Å². The second-order valence-electron chi connectivity index (χ2n) is 5.55. The van der Waals surface area contributed by atoms with Crippen LogP contribution < -0.4 is 15.2 Å². The molecule has 2 rings (SSSR count). The van der Waals surface area contributed by atoms with Gasteiger partial charge in [0.2, 0.25) is 5.89 Å². The molecular weight excluding hydrogens is 282 g/mol. The number of nitrogens with zero attached hydrogens (tertiary/aromatic N) is 2. The highest BCUT2D eigenvalue weighted by Gasteiger charge is 2.27. The Morgan fingerprint density at radius 1 is 1.23 bits per heavy atom. The van der Waals surface area contributed by atoms with E-state index in [2.05, 4.69) is 17.1 Å². The number of methoxy groups -OCH3 is 2. The van der Waals surface area contributed by atoms with Crippen LogP contribution in [0.4, 0.5) is 0 Å². The predicted molar refractivity (Wildman–Crippen MR) is 83.1 cm³/mol. The van der Waals surface area contributed by atoms with Crippen molar-refractivity contribution >= 4 is 0 Å². The number of aromatic nitrogens is 2. The summed E-state index contributed by atoms with van der Waals surface area (Å²) < 4.78 is 15.8. The molecule has 1 heterocycles. The van der Waals surface area contributed by atoms with Gasteiger partial charge in [0.05, 0.1) is 19.8 Å². The summed E-state index contributed by atoms with van der Waals surface area (Å²) in [6, 6.07) is 5.72. The fourth-order valence-electron chi connectivity index (χ4n) is 2.36. The first-order valence-electron chi connectivity index (χ1n) is 7.33. The van der Waals surface area contributed by atoms with Crippen LogP contribution >= 0.6 is 0 Å². The molecule has 0 radical (unpaired) electrons. The van der Waals surface area contributed by atoms with Crippen LogP contribution in [-0.2, 0) is 12.0 Å². The maximum atomic E-state index is 6.21. The fourth-order valence-corrected chi connectivity index (χ4v) is 2.36. The van der Waals surface area contributed by atoms with E-state index in [-0.39, 0.29) is 0 Å². The Morgan fingerprint density at radius 3 is 2.59 bits per heavy atom. The van der Waals surface area contributed by atoms with Crippen molar-refractivity contribution in [2.75, 3.05) is 14.2 Å². The summed E-state index contributed by atoms with van der Waals surface area (Å²) in [4.78, 5) is 4.42. The third-order valence-corrected chi connectivity index (χ3v) is 3.54. The minimum Gasteiger partial charge on any atom is -0.493 e. The molecular formula is C16H23N3O3. The molecule has 22 heavy (non-hydrogen) atoms. The largest absolute Gasteiger partial charge is 0.493 e. The van der Waals surface area contributed by atoms with Gasteiger partial charge < -0.3 is 19.7 Å². The summed E-state index contributed by atoms with van der Waals surface area (Å²) in [6.07, 6.45) is 2.30. The number of hydrogen-bond acceptors (Lipinski definition) is 6. The second-order valence-corrected chi connectivity index (χ2v) is 5.55. The molecule has 120 valence electrons. The molecule has 0 aliphatic heterocycles. The molecule has 2 aromatic rings. The SMILES string of the molecule is CCCC(C)(N)c1nc(Cc2ccc(OC)c(OC)c2)no1. The van der Waals surface area contributed by atoms with Gasteiger partial charge in [-0.05, 0) is 31.0 Å². The zero-order valence-corrected chi connectivity index (χ0v) is 13.5.